The third kappa shape index (κ3) is 5.09. The zero-order chi connectivity index (χ0) is 18.1. The Labute approximate surface area is 136 Å². The van der Waals surface area contributed by atoms with Gasteiger partial charge in [0, 0.05) is 12.5 Å². The van der Waals surface area contributed by atoms with Crippen molar-refractivity contribution in [2.45, 2.75) is 6.92 Å². The normalized spacial score (nSPS) is 9.29. The molecule has 0 saturated carbocycles. The van der Waals surface area contributed by atoms with Crippen LogP contribution in [0.4, 0.5) is 5.95 Å². The van der Waals surface area contributed by atoms with E-state index < -0.39 is 11.9 Å². The van der Waals surface area contributed by atoms with Crippen molar-refractivity contribution in [1.82, 2.24) is 10.1 Å². The van der Waals surface area contributed by atoms with Crippen LogP contribution in [0.2, 0.25) is 0 Å². The van der Waals surface area contributed by atoms with Crippen LogP contribution < -0.4 is 10.1 Å². The van der Waals surface area contributed by atoms with Gasteiger partial charge in [0.15, 0.2) is 0 Å². The second-order valence-corrected chi connectivity index (χ2v) is 4.14. The number of nitrogens with zero attached hydrogens (tertiary/aromatic N) is 2. The summed E-state index contributed by atoms with van der Waals surface area (Å²) in [4.78, 5) is 35.9. The fraction of sp³-hybridized carbons (Fsp3) is 0.214. The zero-order valence-electron chi connectivity index (χ0n) is 13.1. The fourth-order valence-corrected chi connectivity index (χ4v) is 1.61. The van der Waals surface area contributed by atoms with Gasteiger partial charge in [0.2, 0.25) is 5.89 Å². The first kappa shape index (κ1) is 18.6. The van der Waals surface area contributed by atoms with Crippen molar-refractivity contribution in [3.05, 3.63) is 35.2 Å². The molecule has 0 fully saturated rings. The molecule has 0 unspecified atom stereocenters. The predicted octanol–water partition coefficient (Wildman–Crippen LogP) is 1.13. The number of hydrogen-bond acceptors (Lipinski definition) is 8. The van der Waals surface area contributed by atoms with Gasteiger partial charge in [-0.2, -0.15) is 4.98 Å². The highest BCUT2D eigenvalue weighted by Crippen LogP contribution is 2.18. The largest absolute Gasteiger partial charge is 0.497 e. The summed E-state index contributed by atoms with van der Waals surface area (Å²) in [6.07, 6.45) is 0. The lowest BCUT2D eigenvalue weighted by Gasteiger charge is -2.07. The van der Waals surface area contributed by atoms with E-state index in [9.17, 15) is 9.59 Å². The average Bonchev–Trinajstić information content (AvgIpc) is 2.99. The number of hydrogen-bond donors (Lipinski definition) is 2. The van der Waals surface area contributed by atoms with Crippen molar-refractivity contribution in [2.75, 3.05) is 19.5 Å². The molecule has 2 N–H and O–H groups in total. The lowest BCUT2D eigenvalue weighted by molar-refractivity contribution is -0.122. The second-order valence-electron chi connectivity index (χ2n) is 4.14. The average molecular weight is 337 g/mol. The molecule has 0 bridgehead atoms. The van der Waals surface area contributed by atoms with Crippen LogP contribution in [0.3, 0.4) is 0 Å². The minimum Gasteiger partial charge on any atom is -0.497 e. The van der Waals surface area contributed by atoms with Crippen molar-refractivity contribution in [2.24, 2.45) is 0 Å². The van der Waals surface area contributed by atoms with Gasteiger partial charge in [-0.1, -0.05) is 0 Å². The third-order valence-electron chi connectivity index (χ3n) is 2.58. The number of anilines is 1. The minimum atomic E-state index is -0.571. The highest BCUT2D eigenvalue weighted by molar-refractivity contribution is 6.05. The van der Waals surface area contributed by atoms with Crippen molar-refractivity contribution in [3.8, 4) is 5.75 Å². The maximum atomic E-state index is 12.1. The summed E-state index contributed by atoms with van der Waals surface area (Å²) < 4.78 is 14.4. The number of ether oxygens (including phenoxy) is 2. The number of esters is 1. The van der Waals surface area contributed by atoms with Crippen molar-refractivity contribution >= 4 is 24.3 Å². The molecule has 1 heterocycles. The van der Waals surface area contributed by atoms with E-state index in [0.29, 0.717) is 11.6 Å². The van der Waals surface area contributed by atoms with Crippen LogP contribution in [0.25, 0.3) is 0 Å². The van der Waals surface area contributed by atoms with Gasteiger partial charge < -0.3 is 19.1 Å². The Hall–Kier alpha value is -3.43. The molecule has 0 aliphatic heterocycles. The molecule has 0 spiro atoms. The van der Waals surface area contributed by atoms with E-state index in [-0.39, 0.29) is 23.5 Å². The quantitative estimate of drug-likeness (QED) is 0.620. The molecule has 0 atom stereocenters. The molecule has 0 aliphatic carbocycles. The SMILES string of the molecule is COC(=O)c1cc(OC)cc(C(=O)Nc2noc(C)n2)c1.O=CO. The standard InChI is InChI=1S/C13H13N3O5.CH2O2/c1-7-14-13(16-21-7)15-11(17)8-4-9(12(18)20-3)6-10(5-8)19-2;2-1-3/h4-6H,1-3H3,(H,15,16,17);1H,(H,2,3). The maximum Gasteiger partial charge on any atom is 0.338 e. The number of amides is 1. The molecular formula is C14H15N3O7. The first-order chi connectivity index (χ1) is 11.4. The number of aromatic nitrogens is 2. The smallest absolute Gasteiger partial charge is 0.338 e. The molecule has 10 nitrogen and oxygen atoms in total. The number of benzene rings is 1. The molecule has 0 aliphatic rings. The first-order valence-electron chi connectivity index (χ1n) is 6.42. The van der Waals surface area contributed by atoms with Gasteiger partial charge >= 0.3 is 5.97 Å². The Morgan fingerprint density at radius 2 is 1.88 bits per heavy atom. The van der Waals surface area contributed by atoms with Gasteiger partial charge in [0.25, 0.3) is 18.3 Å². The Morgan fingerprint density at radius 3 is 2.38 bits per heavy atom. The van der Waals surface area contributed by atoms with Gasteiger partial charge in [-0.05, 0) is 23.4 Å². The summed E-state index contributed by atoms with van der Waals surface area (Å²) in [5.74, 6) is -0.350. The van der Waals surface area contributed by atoms with Crippen molar-refractivity contribution < 1.29 is 33.5 Å². The Kier molecular flexibility index (Phi) is 6.89. The van der Waals surface area contributed by atoms with Gasteiger partial charge in [-0.15, -0.1) is 0 Å². The van der Waals surface area contributed by atoms with E-state index >= 15 is 0 Å². The van der Waals surface area contributed by atoms with Crippen LogP contribution >= 0.6 is 0 Å². The lowest BCUT2D eigenvalue weighted by atomic mass is 10.1. The van der Waals surface area contributed by atoms with E-state index in [0.717, 1.165) is 0 Å². The van der Waals surface area contributed by atoms with Crippen LogP contribution in [0.15, 0.2) is 22.7 Å². The molecule has 1 aromatic heterocycles. The monoisotopic (exact) mass is 337 g/mol. The van der Waals surface area contributed by atoms with E-state index in [2.05, 4.69) is 20.2 Å². The number of carbonyl (C=O) groups is 3. The van der Waals surface area contributed by atoms with Crippen LogP contribution in [-0.4, -0.2) is 47.8 Å². The first-order valence-corrected chi connectivity index (χ1v) is 6.42. The highest BCUT2D eigenvalue weighted by Gasteiger charge is 2.15. The highest BCUT2D eigenvalue weighted by atomic mass is 16.5. The number of methoxy groups -OCH3 is 2. The van der Waals surface area contributed by atoms with Crippen LogP contribution in [0.1, 0.15) is 26.6 Å². The van der Waals surface area contributed by atoms with E-state index in [4.69, 9.17) is 19.2 Å². The zero-order valence-corrected chi connectivity index (χ0v) is 13.1. The topological polar surface area (TPSA) is 141 Å². The fourth-order valence-electron chi connectivity index (χ4n) is 1.61. The Balaban J connectivity index is 0.000000891. The lowest BCUT2D eigenvalue weighted by Crippen LogP contribution is -2.14. The molecule has 2 aromatic rings. The molecule has 10 heteroatoms. The molecule has 0 radical (unpaired) electrons. The second kappa shape index (κ2) is 8.88. The van der Waals surface area contributed by atoms with Crippen LogP contribution in [-0.2, 0) is 9.53 Å². The van der Waals surface area contributed by atoms with Crippen molar-refractivity contribution in [1.29, 1.82) is 0 Å². The van der Waals surface area contributed by atoms with Gasteiger partial charge in [0.1, 0.15) is 5.75 Å². The summed E-state index contributed by atoms with van der Waals surface area (Å²) in [6.45, 7) is 1.35. The Morgan fingerprint density at radius 1 is 1.25 bits per heavy atom. The summed E-state index contributed by atoms with van der Waals surface area (Å²) >= 11 is 0. The molecule has 2 rings (SSSR count). The van der Waals surface area contributed by atoms with E-state index in [1.807, 2.05) is 0 Å². The predicted molar refractivity (Wildman–Crippen MR) is 80.0 cm³/mol. The molecule has 0 saturated heterocycles. The molecule has 1 aromatic carbocycles. The van der Waals surface area contributed by atoms with Gasteiger partial charge in [0.05, 0.1) is 19.8 Å². The number of aryl methyl sites for hydroxylation is 1. The van der Waals surface area contributed by atoms with Crippen LogP contribution in [0.5, 0.6) is 5.75 Å². The number of carboxylic acid groups (broad SMARTS) is 1. The molecule has 24 heavy (non-hydrogen) atoms. The van der Waals surface area contributed by atoms with E-state index in [1.54, 1.807) is 6.92 Å². The van der Waals surface area contributed by atoms with Crippen LogP contribution in [0, 0.1) is 6.92 Å². The summed E-state index contributed by atoms with van der Waals surface area (Å²) in [5, 5.41) is 12.9. The summed E-state index contributed by atoms with van der Waals surface area (Å²) in [6, 6.07) is 4.34. The van der Waals surface area contributed by atoms with E-state index in [1.165, 1.54) is 32.4 Å². The summed E-state index contributed by atoms with van der Waals surface area (Å²) in [7, 11) is 2.68. The Bertz CT molecular complexity index is 727. The molecular weight excluding hydrogens is 322 g/mol. The summed E-state index contributed by atoms with van der Waals surface area (Å²) in [5.41, 5.74) is 0.406. The van der Waals surface area contributed by atoms with Gasteiger partial charge in [-0.3, -0.25) is 14.9 Å². The number of nitrogens with one attached hydrogen (secondary N) is 1. The maximum absolute atomic E-state index is 12.1. The molecule has 128 valence electrons. The minimum absolute atomic E-state index is 0.0416. The van der Waals surface area contributed by atoms with Crippen molar-refractivity contribution in [3.63, 3.8) is 0 Å². The number of carbonyl (C=O) groups excluding carboxylic acids is 2. The number of rotatable bonds is 4. The van der Waals surface area contributed by atoms with Gasteiger partial charge in [-0.25, -0.2) is 4.79 Å². The third-order valence-corrected chi connectivity index (χ3v) is 2.58. The molecule has 1 amide bonds.